The molecular formula is C10H15N3O2S. The van der Waals surface area contributed by atoms with Crippen LogP contribution < -0.4 is 4.90 Å². The molecule has 0 aromatic carbocycles. The Kier molecular flexibility index (Phi) is 4.00. The summed E-state index contributed by atoms with van der Waals surface area (Å²) in [6.45, 7) is 3.40. The summed E-state index contributed by atoms with van der Waals surface area (Å²) >= 11 is 1.45. The molecule has 0 unspecified atom stereocenters. The summed E-state index contributed by atoms with van der Waals surface area (Å²) in [5.74, 6) is -0.247. The van der Waals surface area contributed by atoms with Gasteiger partial charge in [-0.25, -0.2) is 4.98 Å². The van der Waals surface area contributed by atoms with Crippen LogP contribution >= 0.6 is 11.3 Å². The molecule has 6 heteroatoms. The van der Waals surface area contributed by atoms with Crippen LogP contribution in [-0.2, 0) is 9.59 Å². The molecule has 1 rings (SSSR count). The van der Waals surface area contributed by atoms with E-state index in [0.717, 1.165) is 10.0 Å². The van der Waals surface area contributed by atoms with Crippen molar-refractivity contribution < 1.29 is 9.59 Å². The second kappa shape index (κ2) is 5.07. The minimum atomic E-state index is -0.124. The van der Waals surface area contributed by atoms with Gasteiger partial charge in [-0.2, -0.15) is 0 Å². The molecule has 0 saturated carbocycles. The molecule has 0 aliphatic rings. The molecule has 0 N–H and O–H groups in total. The van der Waals surface area contributed by atoms with Crippen molar-refractivity contribution in [2.45, 2.75) is 13.8 Å². The summed E-state index contributed by atoms with van der Waals surface area (Å²) in [5, 5.41) is 1.70. The monoisotopic (exact) mass is 241 g/mol. The predicted octanol–water partition coefficient (Wildman–Crippen LogP) is 0.893. The lowest BCUT2D eigenvalue weighted by Crippen LogP contribution is -2.38. The Morgan fingerprint density at radius 3 is 2.50 bits per heavy atom. The highest BCUT2D eigenvalue weighted by molar-refractivity contribution is 7.15. The van der Waals surface area contributed by atoms with Crippen LogP contribution in [0.1, 0.15) is 11.9 Å². The van der Waals surface area contributed by atoms with Gasteiger partial charge in [0.1, 0.15) is 5.00 Å². The molecule has 0 spiro atoms. The SMILES string of the molecule is CC(=O)N(C)CC(=O)N(C)c1cnc(C)s1. The first-order chi connectivity index (χ1) is 7.41. The highest BCUT2D eigenvalue weighted by Gasteiger charge is 2.16. The first-order valence-corrected chi connectivity index (χ1v) is 5.64. The number of aromatic nitrogens is 1. The fraction of sp³-hybridized carbons (Fsp3) is 0.500. The lowest BCUT2D eigenvalue weighted by atomic mass is 10.4. The molecule has 1 aromatic heterocycles. The van der Waals surface area contributed by atoms with Crippen LogP contribution in [0.25, 0.3) is 0 Å². The molecule has 1 heterocycles. The maximum absolute atomic E-state index is 11.8. The highest BCUT2D eigenvalue weighted by atomic mass is 32.1. The van der Waals surface area contributed by atoms with E-state index in [0.29, 0.717) is 0 Å². The number of nitrogens with zero attached hydrogens (tertiary/aromatic N) is 3. The van der Waals surface area contributed by atoms with E-state index in [9.17, 15) is 9.59 Å². The van der Waals surface area contributed by atoms with Crippen molar-refractivity contribution in [3.05, 3.63) is 11.2 Å². The first-order valence-electron chi connectivity index (χ1n) is 4.82. The molecule has 2 amide bonds. The molecule has 0 fully saturated rings. The van der Waals surface area contributed by atoms with Crippen LogP contribution in [0.3, 0.4) is 0 Å². The van der Waals surface area contributed by atoms with Crippen molar-refractivity contribution >= 4 is 28.2 Å². The Bertz CT molecular complexity index is 403. The summed E-state index contributed by atoms with van der Waals surface area (Å²) in [6.07, 6.45) is 1.66. The van der Waals surface area contributed by atoms with Crippen molar-refractivity contribution in [1.82, 2.24) is 9.88 Å². The van der Waals surface area contributed by atoms with E-state index >= 15 is 0 Å². The fourth-order valence-corrected chi connectivity index (χ4v) is 1.80. The van der Waals surface area contributed by atoms with E-state index in [-0.39, 0.29) is 18.4 Å². The van der Waals surface area contributed by atoms with Gasteiger partial charge in [-0.05, 0) is 6.92 Å². The summed E-state index contributed by atoms with van der Waals surface area (Å²) < 4.78 is 0. The number of aryl methyl sites for hydroxylation is 1. The summed E-state index contributed by atoms with van der Waals surface area (Å²) in [4.78, 5) is 29.7. The molecule has 1 aromatic rings. The zero-order valence-corrected chi connectivity index (χ0v) is 10.7. The normalized spacial score (nSPS) is 10.0. The number of hydrogen-bond acceptors (Lipinski definition) is 4. The molecule has 0 atom stereocenters. The standard InChI is InChI=1S/C10H15N3O2S/c1-7-11-5-10(16-7)13(4)9(15)6-12(3)8(2)14/h5H,6H2,1-4H3. The average molecular weight is 241 g/mol. The van der Waals surface area contributed by atoms with Gasteiger partial charge >= 0.3 is 0 Å². The topological polar surface area (TPSA) is 53.5 Å². The Morgan fingerprint density at radius 2 is 2.06 bits per heavy atom. The molecule has 0 aliphatic heterocycles. The minimum absolute atomic E-state index is 0.0861. The van der Waals surface area contributed by atoms with Gasteiger partial charge in [0, 0.05) is 21.0 Å². The molecule has 0 bridgehead atoms. The van der Waals surface area contributed by atoms with E-state index in [1.807, 2.05) is 6.92 Å². The second-order valence-corrected chi connectivity index (χ2v) is 4.76. The van der Waals surface area contributed by atoms with Crippen molar-refractivity contribution in [1.29, 1.82) is 0 Å². The van der Waals surface area contributed by atoms with Gasteiger partial charge in [0.15, 0.2) is 0 Å². The van der Waals surface area contributed by atoms with Gasteiger partial charge < -0.3 is 9.80 Å². The number of hydrogen-bond donors (Lipinski definition) is 0. The van der Waals surface area contributed by atoms with E-state index < -0.39 is 0 Å². The molecule has 0 radical (unpaired) electrons. The van der Waals surface area contributed by atoms with Crippen LogP contribution in [0.2, 0.25) is 0 Å². The Morgan fingerprint density at radius 1 is 1.44 bits per heavy atom. The van der Waals surface area contributed by atoms with E-state index in [2.05, 4.69) is 4.98 Å². The Labute approximate surface area is 98.7 Å². The Hall–Kier alpha value is -1.43. The number of carbonyl (C=O) groups is 2. The third-order valence-corrected chi connectivity index (χ3v) is 3.21. The van der Waals surface area contributed by atoms with Crippen LogP contribution in [-0.4, -0.2) is 42.3 Å². The minimum Gasteiger partial charge on any atom is -0.337 e. The smallest absolute Gasteiger partial charge is 0.246 e. The van der Waals surface area contributed by atoms with E-state index in [1.54, 1.807) is 20.3 Å². The number of amides is 2. The lowest BCUT2D eigenvalue weighted by molar-refractivity contribution is -0.132. The average Bonchev–Trinajstić information content (AvgIpc) is 2.63. The fourth-order valence-electron chi connectivity index (χ4n) is 1.05. The van der Waals surface area contributed by atoms with E-state index in [1.165, 1.54) is 28.1 Å². The largest absolute Gasteiger partial charge is 0.337 e. The maximum atomic E-state index is 11.8. The summed E-state index contributed by atoms with van der Waals surface area (Å²) in [7, 11) is 3.29. The van der Waals surface area contributed by atoms with E-state index in [4.69, 9.17) is 0 Å². The van der Waals surface area contributed by atoms with Crippen molar-refractivity contribution in [3.8, 4) is 0 Å². The number of rotatable bonds is 3. The highest BCUT2D eigenvalue weighted by Crippen LogP contribution is 2.21. The summed E-state index contributed by atoms with van der Waals surface area (Å²) in [5.41, 5.74) is 0. The third-order valence-electron chi connectivity index (χ3n) is 2.22. The third kappa shape index (κ3) is 3.03. The summed E-state index contributed by atoms with van der Waals surface area (Å²) in [6, 6.07) is 0. The zero-order chi connectivity index (χ0) is 12.3. The first kappa shape index (κ1) is 12.6. The predicted molar refractivity (Wildman–Crippen MR) is 63.6 cm³/mol. The lowest BCUT2D eigenvalue weighted by Gasteiger charge is -2.19. The van der Waals surface area contributed by atoms with Crippen LogP contribution in [0, 0.1) is 6.92 Å². The van der Waals surface area contributed by atoms with Crippen LogP contribution in [0.5, 0.6) is 0 Å². The van der Waals surface area contributed by atoms with Crippen LogP contribution in [0.15, 0.2) is 6.20 Å². The van der Waals surface area contributed by atoms with Crippen molar-refractivity contribution in [3.63, 3.8) is 0 Å². The molecule has 88 valence electrons. The van der Waals surface area contributed by atoms with Crippen LogP contribution in [0.4, 0.5) is 5.00 Å². The number of anilines is 1. The molecule has 0 saturated heterocycles. The van der Waals surface area contributed by atoms with Crippen molar-refractivity contribution in [2.24, 2.45) is 0 Å². The van der Waals surface area contributed by atoms with Gasteiger partial charge in [0.2, 0.25) is 11.8 Å². The molecule has 5 nitrogen and oxygen atoms in total. The Balaban J connectivity index is 2.64. The van der Waals surface area contributed by atoms with Gasteiger partial charge in [-0.3, -0.25) is 9.59 Å². The molecule has 0 aliphatic carbocycles. The second-order valence-electron chi connectivity index (χ2n) is 3.55. The van der Waals surface area contributed by atoms with Gasteiger partial charge in [-0.1, -0.05) is 0 Å². The zero-order valence-electron chi connectivity index (χ0n) is 9.85. The maximum Gasteiger partial charge on any atom is 0.246 e. The van der Waals surface area contributed by atoms with Gasteiger partial charge in [0.25, 0.3) is 0 Å². The molecule has 16 heavy (non-hydrogen) atoms. The van der Waals surface area contributed by atoms with Crippen molar-refractivity contribution in [2.75, 3.05) is 25.5 Å². The van der Waals surface area contributed by atoms with Gasteiger partial charge in [0.05, 0.1) is 17.7 Å². The number of carbonyl (C=O) groups excluding carboxylic acids is 2. The quantitative estimate of drug-likeness (QED) is 0.790. The van der Waals surface area contributed by atoms with Gasteiger partial charge in [-0.15, -0.1) is 11.3 Å². The molecular weight excluding hydrogens is 226 g/mol. The number of likely N-dealkylation sites (N-methyl/N-ethyl adjacent to an activating group) is 2. The number of thiazole rings is 1.